The van der Waals surface area contributed by atoms with Crippen molar-refractivity contribution in [3.8, 4) is 0 Å². The van der Waals surface area contributed by atoms with Gasteiger partial charge in [-0.05, 0) is 36.6 Å². The average molecular weight is 506 g/mol. The van der Waals surface area contributed by atoms with Crippen molar-refractivity contribution in [2.75, 3.05) is 0 Å². The number of hydrogen-bond donors (Lipinski definition) is 0. The normalized spacial score (nSPS) is 26.8. The first-order chi connectivity index (χ1) is 12.8. The summed E-state index contributed by atoms with van der Waals surface area (Å²) in [5.74, 6) is -0.306. The molecule has 0 aromatic heterocycles. The van der Waals surface area contributed by atoms with Gasteiger partial charge in [-0.25, -0.2) is 8.42 Å². The van der Waals surface area contributed by atoms with E-state index in [1.807, 2.05) is 80.6 Å². The molecule has 0 spiro atoms. The van der Waals surface area contributed by atoms with Gasteiger partial charge in [-0.15, -0.1) is 0 Å². The highest BCUT2D eigenvalue weighted by Crippen LogP contribution is 2.61. The molecular formula is C22H18Br2O2S. The van der Waals surface area contributed by atoms with E-state index >= 15 is 0 Å². The number of fused-ring (bicyclic) bond motifs is 1. The van der Waals surface area contributed by atoms with Gasteiger partial charge in [0.2, 0.25) is 0 Å². The Bertz CT molecular complexity index is 1110. The molecule has 0 amide bonds. The van der Waals surface area contributed by atoms with E-state index in [2.05, 4.69) is 31.9 Å². The van der Waals surface area contributed by atoms with E-state index in [1.165, 1.54) is 0 Å². The molecule has 0 N–H and O–H groups in total. The van der Waals surface area contributed by atoms with Crippen LogP contribution in [0, 0.1) is 5.92 Å². The number of hydrogen-bond acceptors (Lipinski definition) is 2. The third kappa shape index (κ3) is 2.59. The third-order valence-electron chi connectivity index (χ3n) is 5.64. The molecule has 0 bridgehead atoms. The van der Waals surface area contributed by atoms with Crippen molar-refractivity contribution >= 4 is 52.2 Å². The van der Waals surface area contributed by atoms with E-state index in [0.717, 1.165) is 31.2 Å². The summed E-state index contributed by atoms with van der Waals surface area (Å²) >= 11 is 7.40. The highest BCUT2D eigenvalue weighted by Gasteiger charge is 2.59. The van der Waals surface area contributed by atoms with E-state index in [-0.39, 0.29) is 5.92 Å². The Balaban J connectivity index is 2.06. The molecular weight excluding hydrogens is 488 g/mol. The predicted molar refractivity (Wildman–Crippen MR) is 119 cm³/mol. The van der Waals surface area contributed by atoms with Gasteiger partial charge < -0.3 is 0 Å². The highest BCUT2D eigenvalue weighted by molar-refractivity contribution is 9.12. The lowest BCUT2D eigenvalue weighted by Crippen LogP contribution is -2.42. The summed E-state index contributed by atoms with van der Waals surface area (Å²) in [7, 11) is -3.59. The van der Waals surface area contributed by atoms with Crippen molar-refractivity contribution in [3.63, 3.8) is 0 Å². The van der Waals surface area contributed by atoms with Crippen molar-refractivity contribution in [1.82, 2.24) is 0 Å². The number of sulfone groups is 1. The fourth-order valence-corrected chi connectivity index (χ4v) is 8.85. The Labute approximate surface area is 176 Å². The van der Waals surface area contributed by atoms with Crippen LogP contribution in [0.1, 0.15) is 25.0 Å². The minimum absolute atomic E-state index is 0.306. The first-order valence-corrected chi connectivity index (χ1v) is 11.7. The number of benzene rings is 2. The third-order valence-corrected chi connectivity index (χ3v) is 10.1. The molecule has 0 fully saturated rings. The van der Waals surface area contributed by atoms with E-state index < -0.39 is 14.6 Å². The fraction of sp³-hybridized carbons (Fsp3) is 0.182. The molecule has 2 atom stereocenters. The summed E-state index contributed by atoms with van der Waals surface area (Å²) in [6.45, 7) is 3.75. The fourth-order valence-electron chi connectivity index (χ4n) is 4.06. The zero-order valence-corrected chi connectivity index (χ0v) is 18.9. The lowest BCUT2D eigenvalue weighted by Gasteiger charge is -2.37. The van der Waals surface area contributed by atoms with Crippen LogP contribution in [-0.4, -0.2) is 13.2 Å². The van der Waals surface area contributed by atoms with Crippen LogP contribution in [0.25, 0.3) is 10.5 Å². The standard InChI is InChI=1S/C22H18Br2O2S/c1-14-13-17(23)18(15-9-5-3-6-10-15)19-20(24)21(16-11-7-4-8-12-16)27(25,26)22(14,19)2/h3-13,19H,1-2H3/t19-,22+/m1/s1. The number of halogens is 2. The smallest absolute Gasteiger partial charge is 0.189 e. The molecule has 5 heteroatoms. The van der Waals surface area contributed by atoms with Gasteiger partial charge in [0.1, 0.15) is 4.75 Å². The van der Waals surface area contributed by atoms with Crippen LogP contribution < -0.4 is 0 Å². The molecule has 2 aromatic carbocycles. The van der Waals surface area contributed by atoms with E-state index in [0.29, 0.717) is 4.91 Å². The van der Waals surface area contributed by atoms with Crippen LogP contribution in [0.4, 0.5) is 0 Å². The van der Waals surface area contributed by atoms with Gasteiger partial charge in [0.15, 0.2) is 9.84 Å². The Morgan fingerprint density at radius 2 is 1.41 bits per heavy atom. The molecule has 2 nitrogen and oxygen atoms in total. The van der Waals surface area contributed by atoms with Gasteiger partial charge in [-0.1, -0.05) is 98.1 Å². The van der Waals surface area contributed by atoms with Gasteiger partial charge in [-0.3, -0.25) is 0 Å². The predicted octanol–water partition coefficient (Wildman–Crippen LogP) is 6.32. The Morgan fingerprint density at radius 3 is 1.96 bits per heavy atom. The van der Waals surface area contributed by atoms with Gasteiger partial charge in [-0.2, -0.15) is 0 Å². The van der Waals surface area contributed by atoms with Gasteiger partial charge in [0.05, 0.1) is 4.91 Å². The molecule has 0 radical (unpaired) electrons. The molecule has 27 heavy (non-hydrogen) atoms. The van der Waals surface area contributed by atoms with Crippen LogP contribution in [0.15, 0.2) is 81.3 Å². The minimum Gasteiger partial charge on any atom is -0.223 e. The summed E-state index contributed by atoms with van der Waals surface area (Å²) in [5.41, 5.74) is 3.56. The average Bonchev–Trinajstić information content (AvgIpc) is 2.81. The molecule has 138 valence electrons. The Hall–Kier alpha value is -1.43. The van der Waals surface area contributed by atoms with Crippen molar-refractivity contribution < 1.29 is 8.42 Å². The molecule has 4 rings (SSSR count). The van der Waals surface area contributed by atoms with Crippen molar-refractivity contribution in [1.29, 1.82) is 0 Å². The first kappa shape index (κ1) is 18.9. The lowest BCUT2D eigenvalue weighted by molar-refractivity contribution is 0.544. The van der Waals surface area contributed by atoms with Gasteiger partial charge >= 0.3 is 0 Å². The van der Waals surface area contributed by atoms with Crippen LogP contribution in [0.2, 0.25) is 0 Å². The second-order valence-electron chi connectivity index (χ2n) is 7.04. The SMILES string of the molecule is CC1=CC(Br)=C(c2ccccc2)[C@@H]2C(Br)=C(c3ccccc3)S(=O)(=O)[C@@]12C. The zero-order valence-electron chi connectivity index (χ0n) is 14.9. The van der Waals surface area contributed by atoms with Gasteiger partial charge in [0.25, 0.3) is 0 Å². The summed E-state index contributed by atoms with van der Waals surface area (Å²) in [6.07, 6.45) is 1.95. The molecule has 2 aromatic rings. The number of allylic oxidation sites excluding steroid dienone is 4. The van der Waals surface area contributed by atoms with Crippen molar-refractivity contribution in [2.24, 2.45) is 5.92 Å². The molecule has 1 heterocycles. The molecule has 2 aliphatic rings. The summed E-state index contributed by atoms with van der Waals surface area (Å²) in [5, 5.41) is 0. The van der Waals surface area contributed by atoms with E-state index in [9.17, 15) is 8.42 Å². The van der Waals surface area contributed by atoms with Gasteiger partial charge in [0, 0.05) is 14.9 Å². The topological polar surface area (TPSA) is 34.1 Å². The molecule has 0 saturated heterocycles. The molecule has 0 unspecified atom stereocenters. The van der Waals surface area contributed by atoms with Crippen LogP contribution in [0.5, 0.6) is 0 Å². The Morgan fingerprint density at radius 1 is 0.889 bits per heavy atom. The largest absolute Gasteiger partial charge is 0.223 e. The Kier molecular flexibility index (Phi) is 4.60. The van der Waals surface area contributed by atoms with Crippen LogP contribution in [-0.2, 0) is 9.84 Å². The second kappa shape index (κ2) is 6.57. The quantitative estimate of drug-likeness (QED) is 0.478. The summed E-state index contributed by atoms with van der Waals surface area (Å²) < 4.78 is 28.2. The summed E-state index contributed by atoms with van der Waals surface area (Å²) in [6, 6.07) is 19.3. The van der Waals surface area contributed by atoms with E-state index in [1.54, 1.807) is 0 Å². The molecule has 1 aliphatic carbocycles. The van der Waals surface area contributed by atoms with Crippen molar-refractivity contribution in [2.45, 2.75) is 18.6 Å². The highest BCUT2D eigenvalue weighted by atomic mass is 79.9. The van der Waals surface area contributed by atoms with Crippen LogP contribution in [0.3, 0.4) is 0 Å². The lowest BCUT2D eigenvalue weighted by atomic mass is 9.75. The minimum atomic E-state index is -3.59. The van der Waals surface area contributed by atoms with Crippen molar-refractivity contribution in [3.05, 3.63) is 92.4 Å². The maximum absolute atomic E-state index is 13.8. The molecule has 1 aliphatic heterocycles. The maximum atomic E-state index is 13.8. The first-order valence-electron chi connectivity index (χ1n) is 8.63. The second-order valence-corrected chi connectivity index (χ2v) is 11.0. The van der Waals surface area contributed by atoms with E-state index in [4.69, 9.17) is 0 Å². The molecule has 0 saturated carbocycles. The monoisotopic (exact) mass is 504 g/mol. The number of rotatable bonds is 2. The maximum Gasteiger partial charge on any atom is 0.189 e. The summed E-state index contributed by atoms with van der Waals surface area (Å²) in [4.78, 5) is 0.388. The van der Waals surface area contributed by atoms with Crippen LogP contribution >= 0.6 is 31.9 Å². The zero-order chi connectivity index (χ0) is 19.4.